The van der Waals surface area contributed by atoms with E-state index < -0.39 is 0 Å². The van der Waals surface area contributed by atoms with Gasteiger partial charge in [-0.15, -0.1) is 0 Å². The van der Waals surface area contributed by atoms with E-state index in [0.717, 1.165) is 11.4 Å². The lowest BCUT2D eigenvalue weighted by Crippen LogP contribution is -2.15. The van der Waals surface area contributed by atoms with Crippen LogP contribution < -0.4 is 0 Å². The molecule has 0 fully saturated rings. The zero-order chi connectivity index (χ0) is 39.7. The van der Waals surface area contributed by atoms with Crippen LogP contribution >= 0.6 is 0 Å². The van der Waals surface area contributed by atoms with Gasteiger partial charge < -0.3 is 13.7 Å². The summed E-state index contributed by atoms with van der Waals surface area (Å²) in [5.41, 5.74) is 18.5. The molecule has 0 spiro atoms. The predicted octanol–water partition coefficient (Wildman–Crippen LogP) is 15.0. The molecule has 12 aromatic rings. The Morgan fingerprint density at radius 3 is 1.30 bits per heavy atom. The maximum absolute atomic E-state index is 2.48. The summed E-state index contributed by atoms with van der Waals surface area (Å²) in [5.74, 6) is 0. The molecule has 0 saturated carbocycles. The predicted molar refractivity (Wildman–Crippen MR) is 252 cm³/mol. The molecule has 0 amide bonds. The van der Waals surface area contributed by atoms with Crippen LogP contribution in [0.25, 0.3) is 105 Å². The van der Waals surface area contributed by atoms with Gasteiger partial charge >= 0.3 is 0 Å². The maximum atomic E-state index is 2.48. The van der Waals surface area contributed by atoms with Gasteiger partial charge in [-0.3, -0.25) is 0 Å². The summed E-state index contributed by atoms with van der Waals surface area (Å²) in [7, 11) is 0. The lowest BCUT2D eigenvalue weighted by Gasteiger charge is -2.22. The van der Waals surface area contributed by atoms with Crippen molar-refractivity contribution in [2.24, 2.45) is 0 Å². The Bertz CT molecular complexity index is 3740. The third-order valence-electron chi connectivity index (χ3n) is 13.4. The summed E-state index contributed by atoms with van der Waals surface area (Å²) in [6.45, 7) is 4.73. The van der Waals surface area contributed by atoms with Gasteiger partial charge in [0.1, 0.15) is 0 Å². The minimum Gasteiger partial charge on any atom is -0.309 e. The second-order valence-corrected chi connectivity index (χ2v) is 17.0. The van der Waals surface area contributed by atoms with Gasteiger partial charge in [-0.25, -0.2) is 0 Å². The summed E-state index contributed by atoms with van der Waals surface area (Å²) in [4.78, 5) is 0. The minimum absolute atomic E-state index is 0.0810. The third-order valence-corrected chi connectivity index (χ3v) is 13.4. The number of hydrogen-bond acceptors (Lipinski definition) is 0. The van der Waals surface area contributed by atoms with E-state index in [2.05, 4.69) is 228 Å². The lowest BCUT2D eigenvalue weighted by molar-refractivity contribution is 0.660. The van der Waals surface area contributed by atoms with E-state index in [4.69, 9.17) is 0 Å². The van der Waals surface area contributed by atoms with E-state index in [-0.39, 0.29) is 5.41 Å². The van der Waals surface area contributed by atoms with Crippen molar-refractivity contribution in [2.45, 2.75) is 19.3 Å². The molecule has 13 rings (SSSR count). The van der Waals surface area contributed by atoms with E-state index in [0.29, 0.717) is 0 Å². The molecule has 0 bridgehead atoms. The normalized spacial score (nSPS) is 13.3. The van der Waals surface area contributed by atoms with Crippen LogP contribution in [-0.2, 0) is 5.41 Å². The van der Waals surface area contributed by atoms with E-state index in [9.17, 15) is 0 Å². The molecular weight excluding hydrogens is 727 g/mol. The van der Waals surface area contributed by atoms with Gasteiger partial charge in [-0.05, 0) is 100 Å². The number of hydrogen-bond donors (Lipinski definition) is 0. The van der Waals surface area contributed by atoms with Gasteiger partial charge in [0.15, 0.2) is 0 Å². The molecule has 3 aromatic heterocycles. The van der Waals surface area contributed by atoms with E-state index in [1.54, 1.807) is 0 Å². The van der Waals surface area contributed by atoms with Crippen LogP contribution in [0.3, 0.4) is 0 Å². The molecule has 60 heavy (non-hydrogen) atoms. The van der Waals surface area contributed by atoms with E-state index in [1.807, 2.05) is 0 Å². The van der Waals surface area contributed by atoms with Gasteiger partial charge in [0.2, 0.25) is 0 Å². The smallest absolute Gasteiger partial charge is 0.0561 e. The van der Waals surface area contributed by atoms with Crippen molar-refractivity contribution in [3.8, 4) is 39.3 Å². The summed E-state index contributed by atoms with van der Waals surface area (Å²) in [5, 5.41) is 7.53. The first-order valence-corrected chi connectivity index (χ1v) is 20.9. The molecule has 0 aliphatic heterocycles. The van der Waals surface area contributed by atoms with Gasteiger partial charge in [0, 0.05) is 54.8 Å². The third kappa shape index (κ3) is 4.55. The average molecular weight is 766 g/mol. The zero-order valence-electron chi connectivity index (χ0n) is 33.4. The summed E-state index contributed by atoms with van der Waals surface area (Å²) in [6, 6.07) is 74.2. The minimum atomic E-state index is -0.0810. The van der Waals surface area contributed by atoms with Crippen LogP contribution in [0.1, 0.15) is 25.0 Å². The summed E-state index contributed by atoms with van der Waals surface area (Å²) >= 11 is 0. The van der Waals surface area contributed by atoms with Crippen molar-refractivity contribution in [2.75, 3.05) is 0 Å². The molecule has 3 heterocycles. The van der Waals surface area contributed by atoms with Crippen molar-refractivity contribution in [3.05, 3.63) is 211 Å². The summed E-state index contributed by atoms with van der Waals surface area (Å²) < 4.78 is 7.34. The zero-order valence-corrected chi connectivity index (χ0v) is 33.4. The van der Waals surface area contributed by atoms with Crippen LogP contribution in [0, 0.1) is 0 Å². The molecule has 0 radical (unpaired) electrons. The Kier molecular flexibility index (Phi) is 6.78. The fourth-order valence-electron chi connectivity index (χ4n) is 10.6. The number of rotatable bonds is 4. The number of benzene rings is 9. The second-order valence-electron chi connectivity index (χ2n) is 17.0. The molecule has 0 saturated heterocycles. The second kappa shape index (κ2) is 12.2. The number of fused-ring (bicyclic) bond motifs is 12. The maximum Gasteiger partial charge on any atom is 0.0561 e. The average Bonchev–Trinajstić information content (AvgIpc) is 3.99. The Balaban J connectivity index is 1.01. The molecule has 282 valence electrons. The number of aromatic nitrogens is 3. The van der Waals surface area contributed by atoms with Crippen LogP contribution in [0.4, 0.5) is 0 Å². The molecule has 0 unspecified atom stereocenters. The highest BCUT2D eigenvalue weighted by atomic mass is 15.0. The molecule has 3 heteroatoms. The van der Waals surface area contributed by atoms with Gasteiger partial charge in [0.25, 0.3) is 0 Å². The standard InChI is InChI=1S/C57H39N3/c1-57(2)49-20-10-6-16-41(49)42-30-26-39(34-50(42)57)59-52-22-12-8-17-43(52)46-28-24-36(32-54(46)59)37-25-29-47-44-18-9-13-23-53(44)60(55(47)33-37)40-27-31-48-45-19-7-11-21-51(45)58(56(48)35-40)38-14-4-3-5-15-38/h3-35H,1-2H3. The van der Waals surface area contributed by atoms with Crippen LogP contribution in [0.15, 0.2) is 200 Å². The first kappa shape index (κ1) is 33.4. The SMILES string of the molecule is CC1(C)c2ccccc2-c2ccc(-n3c4ccccc4c4ccc(-c5ccc6c7ccccc7n(-c7ccc8c9ccccc9n(-c9ccccc9)c8c7)c6c5)cc43)cc21. The Morgan fingerprint density at radius 2 is 0.700 bits per heavy atom. The van der Waals surface area contributed by atoms with Crippen LogP contribution in [0.2, 0.25) is 0 Å². The summed E-state index contributed by atoms with van der Waals surface area (Å²) in [6.07, 6.45) is 0. The Hall–Kier alpha value is -7.62. The van der Waals surface area contributed by atoms with E-state index >= 15 is 0 Å². The van der Waals surface area contributed by atoms with Crippen LogP contribution in [-0.4, -0.2) is 13.7 Å². The fraction of sp³-hybridized carbons (Fsp3) is 0.0526. The quantitative estimate of drug-likeness (QED) is 0.169. The van der Waals surface area contributed by atoms with Crippen molar-refractivity contribution in [1.29, 1.82) is 0 Å². The van der Waals surface area contributed by atoms with E-state index in [1.165, 1.54) is 104 Å². The molecule has 0 atom stereocenters. The van der Waals surface area contributed by atoms with Crippen molar-refractivity contribution < 1.29 is 0 Å². The van der Waals surface area contributed by atoms with Gasteiger partial charge in [0.05, 0.1) is 33.1 Å². The highest BCUT2D eigenvalue weighted by Crippen LogP contribution is 2.49. The lowest BCUT2D eigenvalue weighted by atomic mass is 9.82. The highest BCUT2D eigenvalue weighted by molar-refractivity contribution is 6.13. The van der Waals surface area contributed by atoms with Crippen LogP contribution in [0.5, 0.6) is 0 Å². The molecule has 3 nitrogen and oxygen atoms in total. The number of para-hydroxylation sites is 4. The Morgan fingerprint density at radius 1 is 0.283 bits per heavy atom. The highest BCUT2D eigenvalue weighted by Gasteiger charge is 2.35. The first-order chi connectivity index (χ1) is 29.5. The van der Waals surface area contributed by atoms with Crippen molar-refractivity contribution >= 4 is 65.4 Å². The topological polar surface area (TPSA) is 14.8 Å². The molecule has 0 N–H and O–H groups in total. The number of nitrogens with zero attached hydrogens (tertiary/aromatic N) is 3. The van der Waals surface area contributed by atoms with Gasteiger partial charge in [-0.2, -0.15) is 0 Å². The molecule has 1 aliphatic rings. The Labute approximate surface area is 347 Å². The fourth-order valence-corrected chi connectivity index (χ4v) is 10.6. The molecular formula is C57H39N3. The first-order valence-electron chi connectivity index (χ1n) is 20.9. The van der Waals surface area contributed by atoms with Crippen molar-refractivity contribution in [1.82, 2.24) is 13.7 Å². The van der Waals surface area contributed by atoms with Gasteiger partial charge in [-0.1, -0.05) is 147 Å². The molecule has 9 aromatic carbocycles. The molecule has 1 aliphatic carbocycles. The monoisotopic (exact) mass is 765 g/mol. The largest absolute Gasteiger partial charge is 0.309 e. The van der Waals surface area contributed by atoms with Crippen molar-refractivity contribution in [3.63, 3.8) is 0 Å².